The molecule has 0 bridgehead atoms. The highest BCUT2D eigenvalue weighted by molar-refractivity contribution is 9.10. The highest BCUT2D eigenvalue weighted by Gasteiger charge is 2.34. The molecule has 0 aliphatic rings. The molecule has 1 atom stereocenters. The number of nitrogens with zero attached hydrogens (tertiary/aromatic N) is 2. The molecule has 0 saturated heterocycles. The first-order chi connectivity index (χ1) is 18.7. The minimum Gasteiger partial charge on any atom is -0.495 e. The summed E-state index contributed by atoms with van der Waals surface area (Å²) in [6.07, 6.45) is 0. The van der Waals surface area contributed by atoms with Gasteiger partial charge >= 0.3 is 0 Å². The fourth-order valence-corrected chi connectivity index (χ4v) is 5.77. The van der Waals surface area contributed by atoms with Crippen LogP contribution in [0.5, 0.6) is 5.75 Å². The van der Waals surface area contributed by atoms with E-state index in [0.29, 0.717) is 5.75 Å². The molecule has 0 aliphatic heterocycles. The van der Waals surface area contributed by atoms with Gasteiger partial charge in [-0.2, -0.15) is 0 Å². The summed E-state index contributed by atoms with van der Waals surface area (Å²) in [5.41, 5.74) is 1.30. The van der Waals surface area contributed by atoms with E-state index in [1.54, 1.807) is 43.3 Å². The molecule has 0 aliphatic carbocycles. The highest BCUT2D eigenvalue weighted by Crippen LogP contribution is 2.33. The lowest BCUT2D eigenvalue weighted by Crippen LogP contribution is -2.54. The lowest BCUT2D eigenvalue weighted by molar-refractivity contribution is -0.140. The quantitative estimate of drug-likeness (QED) is 0.329. The lowest BCUT2D eigenvalue weighted by Gasteiger charge is -2.33. The summed E-state index contributed by atoms with van der Waals surface area (Å²) >= 11 is 3.42. The molecule has 0 aromatic heterocycles. The van der Waals surface area contributed by atoms with Crippen LogP contribution in [0.15, 0.2) is 82.2 Å². The van der Waals surface area contributed by atoms with Gasteiger partial charge in [0.1, 0.15) is 18.3 Å². The van der Waals surface area contributed by atoms with E-state index in [2.05, 4.69) is 21.2 Å². The molecule has 0 spiro atoms. The SMILES string of the molecule is COc1ccc(C)cc1N(CC(=O)N(Cc1ccc(Br)cc1)[C@H](C)C(=O)NC(C)(C)C)S(=O)(=O)c1ccccc1. The maximum absolute atomic E-state index is 14.1. The van der Waals surface area contributed by atoms with Crippen molar-refractivity contribution < 1.29 is 22.7 Å². The molecule has 2 amide bonds. The Bertz CT molecular complexity index is 1440. The van der Waals surface area contributed by atoms with Gasteiger partial charge in [-0.15, -0.1) is 0 Å². The number of carbonyl (C=O) groups is 2. The van der Waals surface area contributed by atoms with Gasteiger partial charge in [-0.3, -0.25) is 13.9 Å². The van der Waals surface area contributed by atoms with Gasteiger partial charge in [-0.05, 0) is 82.1 Å². The maximum atomic E-state index is 14.1. The summed E-state index contributed by atoms with van der Waals surface area (Å²) in [4.78, 5) is 28.7. The van der Waals surface area contributed by atoms with E-state index in [1.807, 2.05) is 52.0 Å². The van der Waals surface area contributed by atoms with Gasteiger partial charge in [-0.25, -0.2) is 8.42 Å². The van der Waals surface area contributed by atoms with Gasteiger partial charge in [0.25, 0.3) is 10.0 Å². The number of amides is 2. The zero-order valence-corrected chi connectivity index (χ0v) is 26.0. The number of sulfonamides is 1. The summed E-state index contributed by atoms with van der Waals surface area (Å²) in [5, 5.41) is 2.92. The van der Waals surface area contributed by atoms with Crippen LogP contribution in [0.25, 0.3) is 0 Å². The second kappa shape index (κ2) is 12.9. The summed E-state index contributed by atoms with van der Waals surface area (Å²) in [6, 6.07) is 19.6. The molecule has 40 heavy (non-hydrogen) atoms. The molecule has 1 N–H and O–H groups in total. The number of carbonyl (C=O) groups excluding carboxylic acids is 2. The summed E-state index contributed by atoms with van der Waals surface area (Å²) in [5.74, 6) is -0.581. The predicted octanol–water partition coefficient (Wildman–Crippen LogP) is 5.29. The molecule has 3 aromatic carbocycles. The van der Waals surface area contributed by atoms with Crippen molar-refractivity contribution in [3.63, 3.8) is 0 Å². The fourth-order valence-electron chi connectivity index (χ4n) is 4.07. The Labute approximate surface area is 245 Å². The number of hydrogen-bond acceptors (Lipinski definition) is 5. The Hall–Kier alpha value is -3.37. The van der Waals surface area contributed by atoms with Gasteiger partial charge in [0.2, 0.25) is 11.8 Å². The number of anilines is 1. The third kappa shape index (κ3) is 7.85. The molecular formula is C30H36BrN3O5S. The Morgan fingerprint density at radius 3 is 2.20 bits per heavy atom. The molecule has 0 heterocycles. The van der Waals surface area contributed by atoms with Crippen LogP contribution < -0.4 is 14.4 Å². The van der Waals surface area contributed by atoms with Gasteiger partial charge in [0.05, 0.1) is 17.7 Å². The summed E-state index contributed by atoms with van der Waals surface area (Å²) in [6.45, 7) is 8.61. The number of ether oxygens (including phenoxy) is 1. The number of rotatable bonds is 10. The van der Waals surface area contributed by atoms with E-state index in [1.165, 1.54) is 24.1 Å². The minimum atomic E-state index is -4.19. The average molecular weight is 631 g/mol. The van der Waals surface area contributed by atoms with Crippen molar-refractivity contribution in [2.24, 2.45) is 0 Å². The van der Waals surface area contributed by atoms with Crippen molar-refractivity contribution >= 4 is 43.5 Å². The number of benzene rings is 3. The molecular weight excluding hydrogens is 594 g/mol. The van der Waals surface area contributed by atoms with E-state index < -0.39 is 34.1 Å². The smallest absolute Gasteiger partial charge is 0.264 e. The molecule has 10 heteroatoms. The minimum absolute atomic E-state index is 0.0318. The third-order valence-corrected chi connectivity index (χ3v) is 8.45. The van der Waals surface area contributed by atoms with Gasteiger partial charge in [-0.1, -0.05) is 52.3 Å². The lowest BCUT2D eigenvalue weighted by atomic mass is 10.1. The van der Waals surface area contributed by atoms with Crippen LogP contribution in [0.1, 0.15) is 38.8 Å². The van der Waals surface area contributed by atoms with E-state index in [-0.39, 0.29) is 23.0 Å². The van der Waals surface area contributed by atoms with Gasteiger partial charge in [0.15, 0.2) is 0 Å². The molecule has 3 aromatic rings. The van der Waals surface area contributed by atoms with Crippen LogP contribution >= 0.6 is 15.9 Å². The molecule has 8 nitrogen and oxygen atoms in total. The number of aryl methyl sites for hydroxylation is 1. The van der Waals surface area contributed by atoms with Crippen LogP contribution in [0.2, 0.25) is 0 Å². The van der Waals surface area contributed by atoms with Gasteiger partial charge < -0.3 is 15.0 Å². The van der Waals surface area contributed by atoms with Crippen LogP contribution in [0, 0.1) is 6.92 Å². The van der Waals surface area contributed by atoms with E-state index in [4.69, 9.17) is 4.74 Å². The average Bonchev–Trinajstić information content (AvgIpc) is 2.90. The van der Waals surface area contributed by atoms with E-state index >= 15 is 0 Å². The second-order valence-electron chi connectivity index (χ2n) is 10.6. The third-order valence-electron chi connectivity index (χ3n) is 6.14. The first-order valence-corrected chi connectivity index (χ1v) is 15.0. The van der Waals surface area contributed by atoms with Crippen molar-refractivity contribution in [3.8, 4) is 5.75 Å². The number of methoxy groups -OCH3 is 1. The summed E-state index contributed by atoms with van der Waals surface area (Å²) < 4.78 is 35.4. The molecule has 214 valence electrons. The maximum Gasteiger partial charge on any atom is 0.264 e. The van der Waals surface area contributed by atoms with Crippen molar-refractivity contribution in [1.29, 1.82) is 0 Å². The monoisotopic (exact) mass is 629 g/mol. The number of halogens is 1. The molecule has 0 saturated carbocycles. The number of nitrogens with one attached hydrogen (secondary N) is 1. The first-order valence-electron chi connectivity index (χ1n) is 12.8. The largest absolute Gasteiger partial charge is 0.495 e. The Kier molecular flexibility index (Phi) is 10.0. The standard InChI is InChI=1S/C30H36BrN3O5S/c1-21-12-17-27(39-6)26(18-21)34(40(37,38)25-10-8-7-9-11-25)20-28(35)33(19-23-13-15-24(31)16-14-23)22(2)29(36)32-30(3,4)5/h7-18,22H,19-20H2,1-6H3,(H,32,36)/t22-/m1/s1. The summed E-state index contributed by atoms with van der Waals surface area (Å²) in [7, 11) is -2.74. The predicted molar refractivity (Wildman–Crippen MR) is 161 cm³/mol. The molecule has 0 fully saturated rings. The van der Waals surface area contributed by atoms with Crippen LogP contribution in [0.3, 0.4) is 0 Å². The van der Waals surface area contributed by atoms with Crippen molar-refractivity contribution in [2.75, 3.05) is 18.0 Å². The topological polar surface area (TPSA) is 96.0 Å². The Balaban J connectivity index is 2.09. The second-order valence-corrected chi connectivity index (χ2v) is 13.3. The van der Waals surface area contributed by atoms with Gasteiger partial charge in [0, 0.05) is 16.6 Å². The van der Waals surface area contributed by atoms with Crippen LogP contribution in [-0.2, 0) is 26.2 Å². The van der Waals surface area contributed by atoms with E-state index in [9.17, 15) is 18.0 Å². The zero-order valence-electron chi connectivity index (χ0n) is 23.6. The zero-order chi connectivity index (χ0) is 29.7. The van der Waals surface area contributed by atoms with E-state index in [0.717, 1.165) is 19.9 Å². The molecule has 3 rings (SSSR count). The first kappa shape index (κ1) is 31.2. The van der Waals surface area contributed by atoms with Crippen molar-refractivity contribution in [1.82, 2.24) is 10.2 Å². The Morgan fingerprint density at radius 2 is 1.62 bits per heavy atom. The van der Waals surface area contributed by atoms with Crippen LogP contribution in [-0.4, -0.2) is 50.4 Å². The Morgan fingerprint density at radius 1 is 1.00 bits per heavy atom. The normalized spacial score (nSPS) is 12.4. The highest BCUT2D eigenvalue weighted by atomic mass is 79.9. The van der Waals surface area contributed by atoms with Crippen molar-refractivity contribution in [2.45, 2.75) is 57.6 Å². The number of hydrogen-bond donors (Lipinski definition) is 1. The van der Waals surface area contributed by atoms with Crippen LogP contribution in [0.4, 0.5) is 5.69 Å². The fraction of sp³-hybridized carbons (Fsp3) is 0.333. The van der Waals surface area contributed by atoms with Crippen molar-refractivity contribution in [3.05, 3.63) is 88.4 Å². The molecule has 0 radical (unpaired) electrons. The molecule has 0 unspecified atom stereocenters.